The zero-order chi connectivity index (χ0) is 12.7. The Morgan fingerprint density at radius 2 is 1.94 bits per heavy atom. The molecule has 1 amide bonds. The minimum Gasteiger partial charge on any atom is -0.445 e. The number of alkyl carbamates (subject to hydrolysis) is 1. The van der Waals surface area contributed by atoms with Crippen LogP contribution in [0.2, 0.25) is 0 Å². The summed E-state index contributed by atoms with van der Waals surface area (Å²) in [6.07, 6.45) is 0.576. The van der Waals surface area contributed by atoms with Gasteiger partial charge in [-0.25, -0.2) is 4.79 Å². The Hall–Kier alpha value is -1.51. The summed E-state index contributed by atoms with van der Waals surface area (Å²) in [5.41, 5.74) is 1.00. The van der Waals surface area contributed by atoms with Crippen molar-refractivity contribution in [2.45, 2.75) is 39.8 Å². The van der Waals surface area contributed by atoms with Gasteiger partial charge in [-0.2, -0.15) is 0 Å². The van der Waals surface area contributed by atoms with Gasteiger partial charge in [-0.1, -0.05) is 51.1 Å². The lowest BCUT2D eigenvalue weighted by Crippen LogP contribution is -2.38. The van der Waals surface area contributed by atoms with Crippen LogP contribution in [0.4, 0.5) is 4.79 Å². The minimum absolute atomic E-state index is 0.179. The molecule has 0 aliphatic carbocycles. The first-order valence-corrected chi connectivity index (χ1v) is 6.10. The van der Waals surface area contributed by atoms with E-state index in [4.69, 9.17) is 4.74 Å². The van der Waals surface area contributed by atoms with Crippen LogP contribution in [0.5, 0.6) is 0 Å². The highest BCUT2D eigenvalue weighted by Crippen LogP contribution is 2.06. The predicted molar refractivity (Wildman–Crippen MR) is 68.7 cm³/mol. The molecule has 1 unspecified atom stereocenters. The molecule has 1 N–H and O–H groups in total. The molecule has 0 spiro atoms. The molecule has 0 heterocycles. The molecule has 0 bridgehead atoms. The van der Waals surface area contributed by atoms with Gasteiger partial charge in [0.15, 0.2) is 0 Å². The summed E-state index contributed by atoms with van der Waals surface area (Å²) in [6.45, 7) is 6.56. The lowest BCUT2D eigenvalue weighted by molar-refractivity contribution is 0.132. The topological polar surface area (TPSA) is 38.3 Å². The molecule has 1 atom stereocenters. The van der Waals surface area contributed by atoms with Crippen LogP contribution in [-0.4, -0.2) is 12.1 Å². The zero-order valence-corrected chi connectivity index (χ0v) is 10.8. The molecule has 17 heavy (non-hydrogen) atoms. The number of carbonyl (C=O) groups is 1. The van der Waals surface area contributed by atoms with Gasteiger partial charge in [0.2, 0.25) is 0 Å². The van der Waals surface area contributed by atoms with E-state index in [-0.39, 0.29) is 12.1 Å². The lowest BCUT2D eigenvalue weighted by Gasteiger charge is -2.20. The van der Waals surface area contributed by atoms with Crippen molar-refractivity contribution < 1.29 is 9.53 Å². The maximum atomic E-state index is 11.6. The van der Waals surface area contributed by atoms with Crippen molar-refractivity contribution in [3.63, 3.8) is 0 Å². The highest BCUT2D eigenvalue weighted by atomic mass is 16.5. The van der Waals surface area contributed by atoms with Gasteiger partial charge in [0.1, 0.15) is 6.61 Å². The Balaban J connectivity index is 2.35. The van der Waals surface area contributed by atoms with Gasteiger partial charge in [-0.3, -0.25) is 0 Å². The summed E-state index contributed by atoms with van der Waals surface area (Å²) in [5.74, 6) is 0.421. The number of nitrogens with one attached hydrogen (secondary N) is 1. The summed E-state index contributed by atoms with van der Waals surface area (Å²) < 4.78 is 5.16. The van der Waals surface area contributed by atoms with E-state index >= 15 is 0 Å². The molecule has 1 aromatic rings. The van der Waals surface area contributed by atoms with E-state index in [9.17, 15) is 4.79 Å². The molecule has 0 aliphatic rings. The average Bonchev–Trinajstić information content (AvgIpc) is 2.34. The van der Waals surface area contributed by atoms with Crippen molar-refractivity contribution in [3.8, 4) is 0 Å². The predicted octanol–water partition coefficient (Wildman–Crippen LogP) is 3.35. The highest BCUT2D eigenvalue weighted by Gasteiger charge is 2.14. The maximum Gasteiger partial charge on any atom is 0.407 e. The molecule has 0 saturated carbocycles. The van der Waals surface area contributed by atoms with Crippen LogP contribution in [-0.2, 0) is 11.3 Å². The van der Waals surface area contributed by atoms with E-state index in [2.05, 4.69) is 26.1 Å². The molecule has 0 fully saturated rings. The van der Waals surface area contributed by atoms with Crippen molar-refractivity contribution in [1.29, 1.82) is 0 Å². The second-order valence-electron chi connectivity index (χ2n) is 4.46. The number of carbonyl (C=O) groups excluding carboxylic acids is 1. The van der Waals surface area contributed by atoms with Crippen LogP contribution in [0.1, 0.15) is 32.8 Å². The van der Waals surface area contributed by atoms with E-state index < -0.39 is 0 Å². The third kappa shape index (κ3) is 4.89. The van der Waals surface area contributed by atoms with Gasteiger partial charge in [0.05, 0.1) is 0 Å². The number of hydrogen-bond acceptors (Lipinski definition) is 2. The van der Waals surface area contributed by atoms with Gasteiger partial charge in [0, 0.05) is 6.04 Å². The first-order valence-electron chi connectivity index (χ1n) is 6.10. The Labute approximate surface area is 103 Å². The molecular formula is C14H21NO2. The zero-order valence-electron chi connectivity index (χ0n) is 10.8. The third-order valence-electron chi connectivity index (χ3n) is 2.76. The van der Waals surface area contributed by atoms with Crippen LogP contribution < -0.4 is 5.32 Å². The second-order valence-corrected chi connectivity index (χ2v) is 4.46. The first-order chi connectivity index (χ1) is 8.13. The summed E-state index contributed by atoms with van der Waals surface area (Å²) in [4.78, 5) is 11.6. The number of ether oxygens (including phenoxy) is 1. The summed E-state index contributed by atoms with van der Waals surface area (Å²) in [6, 6.07) is 9.85. The largest absolute Gasteiger partial charge is 0.445 e. The standard InChI is InChI=1S/C14H21NO2/c1-4-13(11(2)3)15-14(16)17-10-12-8-6-5-7-9-12/h5-9,11,13H,4,10H2,1-3H3,(H,15,16). The fourth-order valence-electron chi connectivity index (χ4n) is 1.66. The van der Waals surface area contributed by atoms with Crippen LogP contribution >= 0.6 is 0 Å². The van der Waals surface area contributed by atoms with E-state index in [1.54, 1.807) is 0 Å². The molecule has 1 rings (SSSR count). The molecule has 0 saturated heterocycles. The minimum atomic E-state index is -0.339. The molecule has 3 heteroatoms. The molecule has 94 valence electrons. The van der Waals surface area contributed by atoms with Crippen molar-refractivity contribution in [3.05, 3.63) is 35.9 Å². The monoisotopic (exact) mass is 235 g/mol. The SMILES string of the molecule is CCC(NC(=O)OCc1ccccc1)C(C)C. The fraction of sp³-hybridized carbons (Fsp3) is 0.500. The highest BCUT2D eigenvalue weighted by molar-refractivity contribution is 5.67. The average molecular weight is 235 g/mol. The van der Waals surface area contributed by atoms with Gasteiger partial charge in [0.25, 0.3) is 0 Å². The number of hydrogen-bond donors (Lipinski definition) is 1. The van der Waals surface area contributed by atoms with Crippen LogP contribution in [0.15, 0.2) is 30.3 Å². The number of amides is 1. The number of rotatable bonds is 5. The van der Waals surface area contributed by atoms with E-state index in [0.29, 0.717) is 12.5 Å². The second kappa shape index (κ2) is 6.94. The fourth-order valence-corrected chi connectivity index (χ4v) is 1.66. The Bertz CT molecular complexity index is 335. The van der Waals surface area contributed by atoms with Crippen molar-refractivity contribution in [1.82, 2.24) is 5.32 Å². The third-order valence-corrected chi connectivity index (χ3v) is 2.76. The molecule has 0 aromatic heterocycles. The summed E-state index contributed by atoms with van der Waals surface area (Å²) in [5, 5.41) is 2.88. The van der Waals surface area contributed by atoms with E-state index in [1.807, 2.05) is 30.3 Å². The van der Waals surface area contributed by atoms with Crippen LogP contribution in [0.25, 0.3) is 0 Å². The molecular weight excluding hydrogens is 214 g/mol. The first kappa shape index (κ1) is 13.6. The normalized spacial score (nSPS) is 12.2. The van der Waals surface area contributed by atoms with E-state index in [0.717, 1.165) is 12.0 Å². The lowest BCUT2D eigenvalue weighted by atomic mass is 10.0. The molecule has 3 nitrogen and oxygen atoms in total. The van der Waals surface area contributed by atoms with Gasteiger partial charge < -0.3 is 10.1 Å². The Kier molecular flexibility index (Phi) is 5.53. The van der Waals surface area contributed by atoms with Crippen molar-refractivity contribution in [2.24, 2.45) is 5.92 Å². The molecule has 0 aliphatic heterocycles. The van der Waals surface area contributed by atoms with Crippen LogP contribution in [0.3, 0.4) is 0 Å². The maximum absolute atomic E-state index is 11.6. The van der Waals surface area contributed by atoms with Crippen molar-refractivity contribution in [2.75, 3.05) is 0 Å². The van der Waals surface area contributed by atoms with Crippen LogP contribution in [0, 0.1) is 5.92 Å². The smallest absolute Gasteiger partial charge is 0.407 e. The Morgan fingerprint density at radius 3 is 2.47 bits per heavy atom. The number of benzene rings is 1. The van der Waals surface area contributed by atoms with Gasteiger partial charge in [-0.15, -0.1) is 0 Å². The summed E-state index contributed by atoms with van der Waals surface area (Å²) >= 11 is 0. The quantitative estimate of drug-likeness (QED) is 0.850. The summed E-state index contributed by atoms with van der Waals surface area (Å²) in [7, 11) is 0. The Morgan fingerprint density at radius 1 is 1.29 bits per heavy atom. The van der Waals surface area contributed by atoms with Crippen molar-refractivity contribution >= 4 is 6.09 Å². The van der Waals surface area contributed by atoms with Gasteiger partial charge in [-0.05, 0) is 17.9 Å². The molecule has 0 radical (unpaired) electrons. The van der Waals surface area contributed by atoms with E-state index in [1.165, 1.54) is 0 Å². The molecule has 1 aromatic carbocycles. The van der Waals surface area contributed by atoms with Gasteiger partial charge >= 0.3 is 6.09 Å².